The van der Waals surface area contributed by atoms with Crippen LogP contribution < -0.4 is 10.1 Å². The van der Waals surface area contributed by atoms with Crippen LogP contribution in [0.1, 0.15) is 37.0 Å². The zero-order valence-corrected chi connectivity index (χ0v) is 16.3. The van der Waals surface area contributed by atoms with Crippen molar-refractivity contribution in [3.05, 3.63) is 71.2 Å². The first kappa shape index (κ1) is 18.4. The van der Waals surface area contributed by atoms with Crippen LogP contribution in [0.25, 0.3) is 6.08 Å². The van der Waals surface area contributed by atoms with Crippen LogP contribution in [-0.2, 0) is 22.3 Å². The van der Waals surface area contributed by atoms with Crippen molar-refractivity contribution in [2.45, 2.75) is 44.8 Å². The molecule has 4 rings (SSSR count). The SMILES string of the molecule is C=C1C=Cc2cc3c(cc2C1)OC(C)(C)[C@H](OC(=O)N/C=C/C1=CCCO1)C3. The van der Waals surface area contributed by atoms with E-state index in [-0.39, 0.29) is 0 Å². The van der Waals surface area contributed by atoms with E-state index in [4.69, 9.17) is 14.2 Å². The molecule has 0 bridgehead atoms. The number of hydrogen-bond acceptors (Lipinski definition) is 4. The first-order valence-electron chi connectivity index (χ1n) is 9.58. The monoisotopic (exact) mass is 379 g/mol. The van der Waals surface area contributed by atoms with Gasteiger partial charge in [-0.3, -0.25) is 5.32 Å². The van der Waals surface area contributed by atoms with Gasteiger partial charge < -0.3 is 14.2 Å². The molecule has 0 fully saturated rings. The lowest BCUT2D eigenvalue weighted by atomic mass is 9.86. The van der Waals surface area contributed by atoms with Gasteiger partial charge in [-0.25, -0.2) is 4.79 Å². The number of hydrogen-bond donors (Lipinski definition) is 1. The Hall–Kier alpha value is -2.95. The molecule has 1 aromatic rings. The van der Waals surface area contributed by atoms with Crippen LogP contribution in [0.4, 0.5) is 4.79 Å². The minimum Gasteiger partial charge on any atom is -0.494 e. The van der Waals surface area contributed by atoms with Gasteiger partial charge in [0, 0.05) is 19.0 Å². The van der Waals surface area contributed by atoms with E-state index >= 15 is 0 Å². The van der Waals surface area contributed by atoms with Crippen molar-refractivity contribution in [3.8, 4) is 5.75 Å². The molecule has 146 valence electrons. The number of benzene rings is 1. The number of ether oxygens (including phenoxy) is 3. The summed E-state index contributed by atoms with van der Waals surface area (Å²) in [6, 6.07) is 4.22. The first-order valence-corrected chi connectivity index (χ1v) is 9.58. The molecule has 1 aromatic carbocycles. The van der Waals surface area contributed by atoms with E-state index in [0.29, 0.717) is 13.0 Å². The molecule has 1 aliphatic carbocycles. The number of nitrogens with one attached hydrogen (secondary N) is 1. The normalized spacial score (nSPS) is 22.0. The summed E-state index contributed by atoms with van der Waals surface area (Å²) in [6.45, 7) is 8.61. The van der Waals surface area contributed by atoms with Crippen LogP contribution in [0, 0.1) is 0 Å². The third-order valence-corrected chi connectivity index (χ3v) is 5.22. The standard InChI is InChI=1S/C23H25NO4/c1-15-6-7-16-12-18-14-21(23(2,3)28-20(18)13-17(16)11-15)27-22(25)24-9-8-19-5-4-10-26-19/h5-9,12-13,21H,1,4,10-11,14H2,2-3H3,(H,24,25)/b9-8+/t21-/m1/s1. The lowest BCUT2D eigenvalue weighted by Gasteiger charge is -2.39. The largest absolute Gasteiger partial charge is 0.494 e. The molecule has 5 nitrogen and oxygen atoms in total. The summed E-state index contributed by atoms with van der Waals surface area (Å²) in [6.07, 6.45) is 10.8. The fraction of sp³-hybridized carbons (Fsp3) is 0.348. The maximum Gasteiger partial charge on any atom is 0.411 e. The third kappa shape index (κ3) is 3.84. The fourth-order valence-electron chi connectivity index (χ4n) is 3.65. The number of allylic oxidation sites excluding steroid dienone is 3. The molecule has 3 aliphatic rings. The van der Waals surface area contributed by atoms with Gasteiger partial charge in [-0.1, -0.05) is 24.3 Å². The minimum atomic E-state index is -0.624. The summed E-state index contributed by atoms with van der Waals surface area (Å²) < 4.78 is 17.2. The van der Waals surface area contributed by atoms with Gasteiger partial charge in [0.15, 0.2) is 0 Å². The van der Waals surface area contributed by atoms with Crippen LogP contribution in [0.3, 0.4) is 0 Å². The number of alkyl carbamates (subject to hydrolysis) is 1. The van der Waals surface area contributed by atoms with Crippen molar-refractivity contribution in [3.63, 3.8) is 0 Å². The predicted octanol–water partition coefficient (Wildman–Crippen LogP) is 4.44. The van der Waals surface area contributed by atoms with Crippen molar-refractivity contribution in [2.24, 2.45) is 0 Å². The quantitative estimate of drug-likeness (QED) is 0.844. The van der Waals surface area contributed by atoms with Crippen LogP contribution in [0.15, 0.2) is 54.5 Å². The van der Waals surface area contributed by atoms with Crippen LogP contribution in [0.2, 0.25) is 0 Å². The van der Waals surface area contributed by atoms with Gasteiger partial charge in [-0.05, 0) is 61.2 Å². The Balaban J connectivity index is 1.45. The molecule has 1 atom stereocenters. The molecule has 1 amide bonds. The number of carbonyl (C=O) groups excluding carboxylic acids is 1. The molecule has 0 saturated heterocycles. The molecule has 28 heavy (non-hydrogen) atoms. The van der Waals surface area contributed by atoms with E-state index in [0.717, 1.165) is 35.5 Å². The lowest BCUT2D eigenvalue weighted by molar-refractivity contribution is -0.0487. The number of rotatable bonds is 3. The molecule has 0 radical (unpaired) electrons. The lowest BCUT2D eigenvalue weighted by Crippen LogP contribution is -2.49. The number of amides is 1. The Morgan fingerprint density at radius 3 is 2.96 bits per heavy atom. The van der Waals surface area contributed by atoms with Crippen LogP contribution in [-0.4, -0.2) is 24.4 Å². The second-order valence-corrected chi connectivity index (χ2v) is 7.85. The highest BCUT2D eigenvalue weighted by molar-refractivity contribution is 5.69. The Morgan fingerprint density at radius 1 is 1.32 bits per heavy atom. The number of fused-ring (bicyclic) bond motifs is 2. The van der Waals surface area contributed by atoms with Gasteiger partial charge in [-0.15, -0.1) is 0 Å². The summed E-state index contributed by atoms with van der Waals surface area (Å²) in [5, 5.41) is 2.63. The molecule has 0 unspecified atom stereocenters. The molecular weight excluding hydrogens is 354 g/mol. The Kier molecular flexibility index (Phi) is 4.75. The highest BCUT2D eigenvalue weighted by Crippen LogP contribution is 2.38. The molecule has 2 heterocycles. The average Bonchev–Trinajstić information content (AvgIpc) is 3.14. The maximum atomic E-state index is 12.2. The zero-order valence-electron chi connectivity index (χ0n) is 16.3. The van der Waals surface area contributed by atoms with Crippen molar-refractivity contribution in [1.29, 1.82) is 0 Å². The minimum absolute atomic E-state index is 0.393. The highest BCUT2D eigenvalue weighted by Gasteiger charge is 2.40. The maximum absolute atomic E-state index is 12.2. The van der Waals surface area contributed by atoms with Crippen LogP contribution >= 0.6 is 0 Å². The molecule has 0 aromatic heterocycles. The van der Waals surface area contributed by atoms with Crippen molar-refractivity contribution in [1.82, 2.24) is 5.32 Å². The average molecular weight is 379 g/mol. The van der Waals surface area contributed by atoms with Crippen LogP contribution in [0.5, 0.6) is 5.75 Å². The van der Waals surface area contributed by atoms with E-state index < -0.39 is 17.8 Å². The van der Waals surface area contributed by atoms with Crippen molar-refractivity contribution >= 4 is 12.2 Å². The molecular formula is C23H25NO4. The second-order valence-electron chi connectivity index (χ2n) is 7.85. The second kappa shape index (κ2) is 7.23. The van der Waals surface area contributed by atoms with E-state index in [9.17, 15) is 4.79 Å². The highest BCUT2D eigenvalue weighted by atomic mass is 16.6. The van der Waals surface area contributed by atoms with Gasteiger partial charge >= 0.3 is 6.09 Å². The molecule has 0 spiro atoms. The zero-order chi connectivity index (χ0) is 19.7. The van der Waals surface area contributed by atoms with Gasteiger partial charge in [-0.2, -0.15) is 0 Å². The Labute approximate surface area is 165 Å². The van der Waals surface area contributed by atoms with Gasteiger partial charge in [0.25, 0.3) is 0 Å². The van der Waals surface area contributed by atoms with Crippen molar-refractivity contribution in [2.75, 3.05) is 6.61 Å². The van der Waals surface area contributed by atoms with Gasteiger partial charge in [0.1, 0.15) is 23.2 Å². The Bertz CT molecular complexity index is 907. The molecule has 0 saturated carbocycles. The summed E-state index contributed by atoms with van der Waals surface area (Å²) in [5.74, 6) is 1.62. The van der Waals surface area contributed by atoms with Crippen molar-refractivity contribution < 1.29 is 19.0 Å². The summed E-state index contributed by atoms with van der Waals surface area (Å²) >= 11 is 0. The van der Waals surface area contributed by atoms with E-state index in [1.165, 1.54) is 17.3 Å². The predicted molar refractivity (Wildman–Crippen MR) is 108 cm³/mol. The summed E-state index contributed by atoms with van der Waals surface area (Å²) in [7, 11) is 0. The van der Waals surface area contributed by atoms with E-state index in [1.54, 1.807) is 6.08 Å². The fourth-order valence-corrected chi connectivity index (χ4v) is 3.65. The van der Waals surface area contributed by atoms with Gasteiger partial charge in [0.05, 0.1) is 6.61 Å². The molecule has 1 N–H and O–H groups in total. The topological polar surface area (TPSA) is 56.8 Å². The smallest absolute Gasteiger partial charge is 0.411 e. The number of carbonyl (C=O) groups is 1. The van der Waals surface area contributed by atoms with Gasteiger partial charge in [0.2, 0.25) is 0 Å². The van der Waals surface area contributed by atoms with E-state index in [2.05, 4.69) is 30.1 Å². The first-order chi connectivity index (χ1) is 13.4. The molecule has 5 heteroatoms. The molecule has 2 aliphatic heterocycles. The summed E-state index contributed by atoms with van der Waals surface area (Å²) in [5.41, 5.74) is 3.90. The third-order valence-electron chi connectivity index (χ3n) is 5.22. The summed E-state index contributed by atoms with van der Waals surface area (Å²) in [4.78, 5) is 12.2. The Morgan fingerprint density at radius 2 is 2.18 bits per heavy atom. The van der Waals surface area contributed by atoms with E-state index in [1.807, 2.05) is 26.0 Å².